The molecule has 0 spiro atoms. The maximum absolute atomic E-state index is 12.8. The standard InChI is InChI=1S/C13H10FIO/c14-11-4-3-10(13(16)8-11)7-9-1-5-12(15)6-2-9/h1-6,8,16H,7H2. The Hall–Kier alpha value is -1.10. The first-order valence-corrected chi connectivity index (χ1v) is 5.95. The van der Waals surface area contributed by atoms with Crippen molar-refractivity contribution in [3.63, 3.8) is 0 Å². The third-order valence-corrected chi connectivity index (χ3v) is 3.07. The minimum atomic E-state index is -0.413. The Labute approximate surface area is 107 Å². The number of aromatic hydroxyl groups is 1. The van der Waals surface area contributed by atoms with Crippen LogP contribution in [-0.2, 0) is 6.42 Å². The van der Waals surface area contributed by atoms with Gasteiger partial charge in [0.05, 0.1) is 0 Å². The number of halogens is 2. The normalized spacial score (nSPS) is 10.4. The Bertz CT molecular complexity index is 494. The van der Waals surface area contributed by atoms with Gasteiger partial charge in [-0.15, -0.1) is 0 Å². The summed E-state index contributed by atoms with van der Waals surface area (Å²) in [6.45, 7) is 0. The second kappa shape index (κ2) is 4.82. The SMILES string of the molecule is Oc1cc(F)ccc1Cc1ccc(I)cc1. The molecule has 2 rings (SSSR count). The van der Waals surface area contributed by atoms with Crippen LogP contribution in [0.15, 0.2) is 42.5 Å². The van der Waals surface area contributed by atoms with Gasteiger partial charge in [0.25, 0.3) is 0 Å². The Morgan fingerprint density at radius 3 is 2.38 bits per heavy atom. The van der Waals surface area contributed by atoms with Crippen LogP contribution >= 0.6 is 22.6 Å². The Balaban J connectivity index is 2.23. The molecule has 0 heterocycles. The molecule has 2 aromatic rings. The molecule has 0 bridgehead atoms. The van der Waals surface area contributed by atoms with Crippen LogP contribution in [0.1, 0.15) is 11.1 Å². The molecule has 0 radical (unpaired) electrons. The van der Waals surface area contributed by atoms with Crippen LogP contribution in [0, 0.1) is 9.39 Å². The van der Waals surface area contributed by atoms with Gasteiger partial charge in [-0.2, -0.15) is 0 Å². The first-order chi connectivity index (χ1) is 7.65. The molecule has 1 N–H and O–H groups in total. The molecule has 0 aliphatic rings. The number of benzene rings is 2. The van der Waals surface area contributed by atoms with E-state index in [0.717, 1.165) is 17.2 Å². The molecule has 1 nitrogen and oxygen atoms in total. The zero-order chi connectivity index (χ0) is 11.5. The molecular formula is C13H10FIO. The van der Waals surface area contributed by atoms with Crippen molar-refractivity contribution in [2.24, 2.45) is 0 Å². The minimum absolute atomic E-state index is 0.0125. The van der Waals surface area contributed by atoms with Crippen LogP contribution in [-0.4, -0.2) is 5.11 Å². The lowest BCUT2D eigenvalue weighted by atomic mass is 10.0. The van der Waals surface area contributed by atoms with Crippen molar-refractivity contribution in [2.75, 3.05) is 0 Å². The van der Waals surface area contributed by atoms with Gasteiger partial charge >= 0.3 is 0 Å². The minimum Gasteiger partial charge on any atom is -0.508 e. The van der Waals surface area contributed by atoms with Gasteiger partial charge in [-0.3, -0.25) is 0 Å². The van der Waals surface area contributed by atoms with Gasteiger partial charge in [-0.25, -0.2) is 4.39 Å². The monoisotopic (exact) mass is 328 g/mol. The first-order valence-electron chi connectivity index (χ1n) is 4.87. The predicted molar refractivity (Wildman–Crippen MR) is 70.0 cm³/mol. The lowest BCUT2D eigenvalue weighted by molar-refractivity contribution is 0.463. The highest BCUT2D eigenvalue weighted by Crippen LogP contribution is 2.21. The van der Waals surface area contributed by atoms with E-state index in [-0.39, 0.29) is 5.75 Å². The van der Waals surface area contributed by atoms with Gasteiger partial charge in [0.2, 0.25) is 0 Å². The van der Waals surface area contributed by atoms with E-state index in [9.17, 15) is 9.50 Å². The maximum atomic E-state index is 12.8. The largest absolute Gasteiger partial charge is 0.508 e. The summed E-state index contributed by atoms with van der Waals surface area (Å²) in [6, 6.07) is 12.1. The van der Waals surface area contributed by atoms with Crippen molar-refractivity contribution >= 4 is 22.6 Å². The smallest absolute Gasteiger partial charge is 0.126 e. The summed E-state index contributed by atoms with van der Waals surface area (Å²) in [5.41, 5.74) is 1.84. The zero-order valence-corrected chi connectivity index (χ0v) is 10.6. The van der Waals surface area contributed by atoms with Crippen LogP contribution in [0.4, 0.5) is 4.39 Å². The lowest BCUT2D eigenvalue weighted by Gasteiger charge is -2.05. The van der Waals surface area contributed by atoms with Crippen molar-refractivity contribution in [3.05, 3.63) is 63.0 Å². The lowest BCUT2D eigenvalue weighted by Crippen LogP contribution is -1.89. The topological polar surface area (TPSA) is 20.2 Å². The van der Waals surface area contributed by atoms with E-state index < -0.39 is 5.82 Å². The van der Waals surface area contributed by atoms with Gasteiger partial charge in [0.15, 0.2) is 0 Å². The van der Waals surface area contributed by atoms with Crippen molar-refractivity contribution < 1.29 is 9.50 Å². The zero-order valence-electron chi connectivity index (χ0n) is 8.45. The number of phenolic OH excluding ortho intramolecular Hbond substituents is 1. The van der Waals surface area contributed by atoms with Crippen LogP contribution in [0.2, 0.25) is 0 Å². The second-order valence-corrected chi connectivity index (χ2v) is 4.82. The van der Waals surface area contributed by atoms with Crippen LogP contribution in [0.5, 0.6) is 5.75 Å². The highest BCUT2D eigenvalue weighted by atomic mass is 127. The van der Waals surface area contributed by atoms with Gasteiger partial charge in [-0.1, -0.05) is 18.2 Å². The fraction of sp³-hybridized carbons (Fsp3) is 0.0769. The van der Waals surface area contributed by atoms with E-state index in [1.165, 1.54) is 9.64 Å². The summed E-state index contributed by atoms with van der Waals surface area (Å²) in [5, 5.41) is 9.57. The first kappa shape index (κ1) is 11.4. The summed E-state index contributed by atoms with van der Waals surface area (Å²) >= 11 is 2.24. The van der Waals surface area contributed by atoms with E-state index >= 15 is 0 Å². The summed E-state index contributed by atoms with van der Waals surface area (Å²) in [6.07, 6.45) is 0.614. The number of rotatable bonds is 2. The summed E-state index contributed by atoms with van der Waals surface area (Å²) in [4.78, 5) is 0. The molecule has 0 fully saturated rings. The predicted octanol–water partition coefficient (Wildman–Crippen LogP) is 3.73. The summed E-state index contributed by atoms with van der Waals surface area (Å²) in [5.74, 6) is -0.401. The average molecular weight is 328 g/mol. The Morgan fingerprint density at radius 1 is 1.06 bits per heavy atom. The molecule has 0 saturated heterocycles. The van der Waals surface area contributed by atoms with Crippen LogP contribution in [0.25, 0.3) is 0 Å². The van der Waals surface area contributed by atoms with Gasteiger partial charge in [-0.05, 0) is 51.9 Å². The number of hydrogen-bond acceptors (Lipinski definition) is 1. The van der Waals surface area contributed by atoms with E-state index in [0.29, 0.717) is 6.42 Å². The third-order valence-electron chi connectivity index (χ3n) is 2.36. The van der Waals surface area contributed by atoms with Gasteiger partial charge in [0, 0.05) is 16.1 Å². The molecule has 0 atom stereocenters. The molecule has 82 valence electrons. The molecule has 0 saturated carbocycles. The molecule has 0 aliphatic heterocycles. The average Bonchev–Trinajstić information content (AvgIpc) is 2.25. The van der Waals surface area contributed by atoms with Crippen molar-refractivity contribution in [3.8, 4) is 5.75 Å². The van der Waals surface area contributed by atoms with Crippen molar-refractivity contribution in [1.82, 2.24) is 0 Å². The Kier molecular flexibility index (Phi) is 3.43. The van der Waals surface area contributed by atoms with Gasteiger partial charge in [0.1, 0.15) is 11.6 Å². The molecule has 2 aromatic carbocycles. The molecular weight excluding hydrogens is 318 g/mol. The van der Waals surface area contributed by atoms with E-state index in [1.54, 1.807) is 6.07 Å². The highest BCUT2D eigenvalue weighted by Gasteiger charge is 2.03. The molecule has 3 heteroatoms. The number of hydrogen-bond donors (Lipinski definition) is 1. The fourth-order valence-electron chi connectivity index (χ4n) is 1.51. The van der Waals surface area contributed by atoms with Gasteiger partial charge < -0.3 is 5.11 Å². The number of phenols is 1. The molecule has 16 heavy (non-hydrogen) atoms. The van der Waals surface area contributed by atoms with Crippen molar-refractivity contribution in [2.45, 2.75) is 6.42 Å². The van der Waals surface area contributed by atoms with E-state index in [1.807, 2.05) is 24.3 Å². The van der Waals surface area contributed by atoms with Crippen molar-refractivity contribution in [1.29, 1.82) is 0 Å². The van der Waals surface area contributed by atoms with E-state index in [4.69, 9.17) is 0 Å². The summed E-state index contributed by atoms with van der Waals surface area (Å²) < 4.78 is 13.9. The third kappa shape index (κ3) is 2.72. The second-order valence-electron chi connectivity index (χ2n) is 3.58. The molecule has 0 unspecified atom stereocenters. The van der Waals surface area contributed by atoms with Crippen LogP contribution in [0.3, 0.4) is 0 Å². The van der Waals surface area contributed by atoms with E-state index in [2.05, 4.69) is 22.6 Å². The fourth-order valence-corrected chi connectivity index (χ4v) is 1.87. The molecule has 0 aliphatic carbocycles. The maximum Gasteiger partial charge on any atom is 0.126 e. The molecule has 0 amide bonds. The summed E-state index contributed by atoms with van der Waals surface area (Å²) in [7, 11) is 0. The Morgan fingerprint density at radius 2 is 1.75 bits per heavy atom. The quantitative estimate of drug-likeness (QED) is 0.833. The highest BCUT2D eigenvalue weighted by molar-refractivity contribution is 14.1. The molecule has 0 aromatic heterocycles. The van der Waals surface area contributed by atoms with Crippen LogP contribution < -0.4 is 0 Å².